The molecule has 0 bridgehead atoms. The first-order valence-electron chi connectivity index (χ1n) is 6.17. The average molecular weight is 207 g/mol. The predicted molar refractivity (Wildman–Crippen MR) is 60.4 cm³/mol. The van der Waals surface area contributed by atoms with Crippen LogP contribution < -0.4 is 5.32 Å². The Balaban J connectivity index is 1.85. The highest BCUT2D eigenvalue weighted by Crippen LogP contribution is 2.30. The molecule has 15 heavy (non-hydrogen) atoms. The van der Waals surface area contributed by atoms with Crippen LogP contribution in [-0.4, -0.2) is 36.6 Å². The summed E-state index contributed by atoms with van der Waals surface area (Å²) in [5, 5.41) is 12.4. The van der Waals surface area contributed by atoms with E-state index in [-0.39, 0.29) is 6.04 Å². The lowest BCUT2D eigenvalue weighted by Gasteiger charge is -2.31. The van der Waals surface area contributed by atoms with E-state index in [2.05, 4.69) is 16.3 Å². The maximum absolute atomic E-state index is 9.01. The van der Waals surface area contributed by atoms with E-state index in [9.17, 15) is 0 Å². The Hall–Kier alpha value is -0.590. The van der Waals surface area contributed by atoms with Crippen molar-refractivity contribution >= 4 is 0 Å². The van der Waals surface area contributed by atoms with Crippen molar-refractivity contribution in [2.45, 2.75) is 44.7 Å². The third-order valence-electron chi connectivity index (χ3n) is 3.63. The number of nitriles is 1. The maximum atomic E-state index is 9.01. The van der Waals surface area contributed by atoms with Crippen LogP contribution in [0.15, 0.2) is 0 Å². The third kappa shape index (κ3) is 2.93. The largest absolute Gasteiger partial charge is 0.317 e. The van der Waals surface area contributed by atoms with E-state index < -0.39 is 0 Å². The average Bonchev–Trinajstić information content (AvgIpc) is 3.10. The molecule has 0 radical (unpaired) electrons. The molecule has 2 rings (SSSR count). The normalized spacial score (nSPS) is 25.1. The van der Waals surface area contributed by atoms with Gasteiger partial charge in [-0.2, -0.15) is 5.26 Å². The van der Waals surface area contributed by atoms with Crippen LogP contribution in [0.2, 0.25) is 0 Å². The van der Waals surface area contributed by atoms with Gasteiger partial charge in [0.2, 0.25) is 0 Å². The molecule has 0 aromatic rings. The second-order valence-corrected chi connectivity index (χ2v) is 4.93. The Morgan fingerprint density at radius 2 is 2.00 bits per heavy atom. The third-order valence-corrected chi connectivity index (χ3v) is 3.63. The summed E-state index contributed by atoms with van der Waals surface area (Å²) in [6.45, 7) is 5.49. The van der Waals surface area contributed by atoms with Crippen LogP contribution in [0, 0.1) is 17.2 Å². The van der Waals surface area contributed by atoms with Gasteiger partial charge in [-0.1, -0.05) is 0 Å². The fraction of sp³-hybridized carbons (Fsp3) is 0.917. The zero-order valence-electron chi connectivity index (χ0n) is 9.58. The Kier molecular flexibility index (Phi) is 3.61. The standard InChI is InChI=1S/C12H21N3/c1-10(8-13)15(12-2-3-12)9-11-4-6-14-7-5-11/h10-12,14H,2-7,9H2,1H3. The molecule has 3 nitrogen and oxygen atoms in total. The molecule has 1 saturated carbocycles. The molecule has 84 valence electrons. The van der Waals surface area contributed by atoms with Crippen molar-refractivity contribution in [2.75, 3.05) is 19.6 Å². The molecule has 1 atom stereocenters. The molecule has 1 saturated heterocycles. The molecule has 0 aromatic carbocycles. The van der Waals surface area contributed by atoms with Gasteiger partial charge in [-0.3, -0.25) is 4.90 Å². The van der Waals surface area contributed by atoms with Crippen LogP contribution in [0.1, 0.15) is 32.6 Å². The molecular formula is C12H21N3. The molecule has 3 heteroatoms. The summed E-state index contributed by atoms with van der Waals surface area (Å²) >= 11 is 0. The van der Waals surface area contributed by atoms with Crippen molar-refractivity contribution in [3.05, 3.63) is 0 Å². The minimum Gasteiger partial charge on any atom is -0.317 e. The summed E-state index contributed by atoms with van der Waals surface area (Å²) in [5.74, 6) is 0.808. The molecule has 0 spiro atoms. The second kappa shape index (κ2) is 4.96. The SMILES string of the molecule is CC(C#N)N(CC1CCNCC1)C1CC1. The molecule has 1 unspecified atom stereocenters. The van der Waals surface area contributed by atoms with Crippen molar-refractivity contribution in [1.82, 2.24) is 10.2 Å². The van der Waals surface area contributed by atoms with E-state index in [1.54, 1.807) is 0 Å². The minimum absolute atomic E-state index is 0.104. The van der Waals surface area contributed by atoms with Gasteiger partial charge in [-0.05, 0) is 51.6 Å². The van der Waals surface area contributed by atoms with Crippen LogP contribution in [0.4, 0.5) is 0 Å². The lowest BCUT2D eigenvalue weighted by molar-refractivity contribution is 0.177. The predicted octanol–water partition coefficient (Wildman–Crippen LogP) is 1.36. The molecule has 2 aliphatic rings. The summed E-state index contributed by atoms with van der Waals surface area (Å²) < 4.78 is 0. The highest BCUT2D eigenvalue weighted by Gasteiger charge is 2.33. The molecule has 0 amide bonds. The van der Waals surface area contributed by atoms with Gasteiger partial charge in [0.15, 0.2) is 0 Å². The van der Waals surface area contributed by atoms with Crippen LogP contribution in [0.5, 0.6) is 0 Å². The quantitative estimate of drug-likeness (QED) is 0.756. The number of rotatable bonds is 4. The molecule has 0 aromatic heterocycles. The van der Waals surface area contributed by atoms with Crippen molar-refractivity contribution in [1.29, 1.82) is 5.26 Å². The Morgan fingerprint density at radius 3 is 2.53 bits per heavy atom. The highest BCUT2D eigenvalue weighted by molar-refractivity contribution is 4.97. The zero-order valence-corrected chi connectivity index (χ0v) is 9.58. The van der Waals surface area contributed by atoms with Crippen molar-refractivity contribution < 1.29 is 0 Å². The number of nitrogens with zero attached hydrogens (tertiary/aromatic N) is 2. The first-order valence-corrected chi connectivity index (χ1v) is 6.17. The van der Waals surface area contributed by atoms with E-state index >= 15 is 0 Å². The van der Waals surface area contributed by atoms with Crippen LogP contribution in [-0.2, 0) is 0 Å². The van der Waals surface area contributed by atoms with Crippen molar-refractivity contribution in [3.63, 3.8) is 0 Å². The van der Waals surface area contributed by atoms with E-state index in [0.717, 1.165) is 31.6 Å². The number of piperidine rings is 1. The van der Waals surface area contributed by atoms with E-state index in [0.29, 0.717) is 0 Å². The van der Waals surface area contributed by atoms with Gasteiger partial charge >= 0.3 is 0 Å². The number of hydrogen-bond donors (Lipinski definition) is 1. The van der Waals surface area contributed by atoms with E-state index in [1.165, 1.54) is 25.7 Å². The molecular weight excluding hydrogens is 186 g/mol. The summed E-state index contributed by atoms with van der Waals surface area (Å²) in [5.41, 5.74) is 0. The van der Waals surface area contributed by atoms with Gasteiger partial charge in [0.1, 0.15) is 0 Å². The number of hydrogen-bond acceptors (Lipinski definition) is 3. The van der Waals surface area contributed by atoms with E-state index in [4.69, 9.17) is 5.26 Å². The summed E-state index contributed by atoms with van der Waals surface area (Å²) in [4.78, 5) is 2.43. The van der Waals surface area contributed by atoms with E-state index in [1.807, 2.05) is 6.92 Å². The number of nitrogens with one attached hydrogen (secondary N) is 1. The lowest BCUT2D eigenvalue weighted by atomic mass is 9.97. The van der Waals surface area contributed by atoms with Crippen molar-refractivity contribution in [2.24, 2.45) is 5.92 Å². The first kappa shape index (κ1) is 10.9. The maximum Gasteiger partial charge on any atom is 0.0951 e. The highest BCUT2D eigenvalue weighted by atomic mass is 15.2. The van der Waals surface area contributed by atoms with Crippen molar-refractivity contribution in [3.8, 4) is 6.07 Å². The minimum atomic E-state index is 0.104. The molecule has 1 aliphatic heterocycles. The lowest BCUT2D eigenvalue weighted by Crippen LogP contribution is -2.41. The van der Waals surface area contributed by atoms with Gasteiger partial charge in [-0.15, -0.1) is 0 Å². The Bertz CT molecular complexity index is 236. The molecule has 1 heterocycles. The fourth-order valence-electron chi connectivity index (χ4n) is 2.47. The van der Waals surface area contributed by atoms with Gasteiger partial charge in [-0.25, -0.2) is 0 Å². The summed E-state index contributed by atoms with van der Waals surface area (Å²) in [6.07, 6.45) is 5.16. The van der Waals surface area contributed by atoms with Gasteiger partial charge in [0.25, 0.3) is 0 Å². The van der Waals surface area contributed by atoms with Crippen LogP contribution >= 0.6 is 0 Å². The smallest absolute Gasteiger partial charge is 0.0951 e. The monoisotopic (exact) mass is 207 g/mol. The molecule has 2 fully saturated rings. The van der Waals surface area contributed by atoms with Gasteiger partial charge in [0.05, 0.1) is 12.1 Å². The first-order chi connectivity index (χ1) is 7.31. The van der Waals surface area contributed by atoms with Crippen LogP contribution in [0.25, 0.3) is 0 Å². The zero-order chi connectivity index (χ0) is 10.7. The Morgan fingerprint density at radius 1 is 1.33 bits per heavy atom. The second-order valence-electron chi connectivity index (χ2n) is 4.93. The molecule has 1 N–H and O–H groups in total. The van der Waals surface area contributed by atoms with Gasteiger partial charge in [0, 0.05) is 12.6 Å². The molecule has 1 aliphatic carbocycles. The Labute approximate surface area is 92.4 Å². The van der Waals surface area contributed by atoms with Gasteiger partial charge < -0.3 is 5.32 Å². The topological polar surface area (TPSA) is 39.1 Å². The fourth-order valence-corrected chi connectivity index (χ4v) is 2.47. The summed E-state index contributed by atoms with van der Waals surface area (Å²) in [6, 6.07) is 3.21. The summed E-state index contributed by atoms with van der Waals surface area (Å²) in [7, 11) is 0. The van der Waals surface area contributed by atoms with Crippen LogP contribution in [0.3, 0.4) is 0 Å².